The summed E-state index contributed by atoms with van der Waals surface area (Å²) in [7, 11) is 2.93. The summed E-state index contributed by atoms with van der Waals surface area (Å²) < 4.78 is 6.07. The van der Waals surface area contributed by atoms with E-state index in [4.69, 9.17) is 0 Å². The molecule has 0 spiro atoms. The van der Waals surface area contributed by atoms with Crippen molar-refractivity contribution in [1.82, 2.24) is 20.2 Å². The predicted molar refractivity (Wildman–Crippen MR) is 68.9 cm³/mol. The van der Waals surface area contributed by atoms with Crippen molar-refractivity contribution in [3.05, 3.63) is 35.7 Å². The zero-order valence-electron chi connectivity index (χ0n) is 11.0. The number of methoxy groups -OCH3 is 1. The zero-order valence-corrected chi connectivity index (χ0v) is 11.0. The summed E-state index contributed by atoms with van der Waals surface area (Å²) in [5.74, 6) is -0.404. The highest BCUT2D eigenvalue weighted by atomic mass is 16.5. The number of para-hydroxylation sites is 1. The fourth-order valence-electron chi connectivity index (χ4n) is 1.62. The second-order valence-electron chi connectivity index (χ2n) is 3.98. The van der Waals surface area contributed by atoms with Gasteiger partial charge in [0.25, 0.3) is 0 Å². The number of carbonyl (C=O) groups is 2. The minimum absolute atomic E-state index is 0.0129. The Morgan fingerprint density at radius 1 is 1.35 bits per heavy atom. The van der Waals surface area contributed by atoms with E-state index in [-0.39, 0.29) is 12.3 Å². The molecule has 0 saturated heterocycles. The molecule has 2 aromatic rings. The van der Waals surface area contributed by atoms with E-state index in [0.717, 1.165) is 0 Å². The van der Waals surface area contributed by atoms with Gasteiger partial charge in [-0.05, 0) is 22.6 Å². The van der Waals surface area contributed by atoms with Crippen molar-refractivity contribution >= 4 is 17.6 Å². The van der Waals surface area contributed by atoms with Gasteiger partial charge in [-0.15, -0.1) is 5.10 Å². The molecule has 20 heavy (non-hydrogen) atoms. The first kappa shape index (κ1) is 13.7. The molecule has 1 aromatic heterocycles. The molecule has 1 amide bonds. The molecule has 0 atom stereocenters. The number of ether oxygens (including phenoxy) is 1. The standard InChI is InChI=1S/C12H13N5O3/c1-17-10(14-15-16-17)7-11(18)13-9-6-4-3-5-8(9)12(19)20-2/h3-6H,7H2,1-2H3,(H,13,18). The molecule has 1 N–H and O–H groups in total. The molecule has 0 bridgehead atoms. The SMILES string of the molecule is COC(=O)c1ccccc1NC(=O)Cc1nnnn1C. The van der Waals surface area contributed by atoms with Crippen LogP contribution in [0.25, 0.3) is 0 Å². The molecular weight excluding hydrogens is 262 g/mol. The van der Waals surface area contributed by atoms with E-state index in [1.165, 1.54) is 11.8 Å². The minimum atomic E-state index is -0.513. The third kappa shape index (κ3) is 2.97. The number of aryl methyl sites for hydroxylation is 1. The van der Waals surface area contributed by atoms with Gasteiger partial charge in [-0.25, -0.2) is 9.48 Å². The number of carbonyl (C=O) groups excluding carboxylic acids is 2. The number of aromatic nitrogens is 4. The molecular formula is C12H13N5O3. The van der Waals surface area contributed by atoms with Crippen molar-refractivity contribution in [2.24, 2.45) is 7.05 Å². The zero-order chi connectivity index (χ0) is 14.5. The maximum Gasteiger partial charge on any atom is 0.339 e. The fourth-order valence-corrected chi connectivity index (χ4v) is 1.62. The monoisotopic (exact) mass is 275 g/mol. The van der Waals surface area contributed by atoms with Crippen molar-refractivity contribution in [3.8, 4) is 0 Å². The Hall–Kier alpha value is -2.77. The van der Waals surface area contributed by atoms with E-state index in [9.17, 15) is 9.59 Å². The Kier molecular flexibility index (Phi) is 4.04. The Morgan fingerprint density at radius 2 is 2.10 bits per heavy atom. The molecule has 1 aromatic carbocycles. The van der Waals surface area contributed by atoms with Gasteiger partial charge in [-0.1, -0.05) is 12.1 Å². The Labute approximate surface area is 114 Å². The van der Waals surface area contributed by atoms with Crippen molar-refractivity contribution in [3.63, 3.8) is 0 Å². The van der Waals surface area contributed by atoms with E-state index >= 15 is 0 Å². The lowest BCUT2D eigenvalue weighted by atomic mass is 10.1. The van der Waals surface area contributed by atoms with Gasteiger partial charge in [0.15, 0.2) is 5.82 Å². The van der Waals surface area contributed by atoms with Crippen LogP contribution in [0, 0.1) is 0 Å². The first-order chi connectivity index (χ1) is 9.61. The molecule has 8 nitrogen and oxygen atoms in total. The number of nitrogens with one attached hydrogen (secondary N) is 1. The van der Waals surface area contributed by atoms with Crippen LogP contribution in [-0.4, -0.2) is 39.2 Å². The molecule has 0 aliphatic rings. The Balaban J connectivity index is 2.12. The number of amides is 1. The van der Waals surface area contributed by atoms with E-state index in [0.29, 0.717) is 17.1 Å². The highest BCUT2D eigenvalue weighted by Gasteiger charge is 2.15. The number of hydrogen-bond acceptors (Lipinski definition) is 6. The first-order valence-electron chi connectivity index (χ1n) is 5.80. The van der Waals surface area contributed by atoms with Crippen LogP contribution in [-0.2, 0) is 23.0 Å². The van der Waals surface area contributed by atoms with Crippen molar-refractivity contribution < 1.29 is 14.3 Å². The second-order valence-corrected chi connectivity index (χ2v) is 3.98. The average molecular weight is 275 g/mol. The molecule has 104 valence electrons. The first-order valence-corrected chi connectivity index (χ1v) is 5.80. The van der Waals surface area contributed by atoms with E-state index < -0.39 is 5.97 Å². The quantitative estimate of drug-likeness (QED) is 0.799. The molecule has 0 unspecified atom stereocenters. The molecule has 0 fully saturated rings. The lowest BCUT2D eigenvalue weighted by Crippen LogP contribution is -2.19. The number of tetrazole rings is 1. The summed E-state index contributed by atoms with van der Waals surface area (Å²) in [5.41, 5.74) is 0.680. The van der Waals surface area contributed by atoms with Gasteiger partial charge in [-0.2, -0.15) is 0 Å². The minimum Gasteiger partial charge on any atom is -0.465 e. The van der Waals surface area contributed by atoms with Crippen LogP contribution in [0.5, 0.6) is 0 Å². The lowest BCUT2D eigenvalue weighted by molar-refractivity contribution is -0.115. The van der Waals surface area contributed by atoms with E-state index in [1.54, 1.807) is 31.3 Å². The van der Waals surface area contributed by atoms with Gasteiger partial charge < -0.3 is 10.1 Å². The van der Waals surface area contributed by atoms with Crippen LogP contribution in [0.1, 0.15) is 16.2 Å². The highest BCUT2D eigenvalue weighted by Crippen LogP contribution is 2.16. The van der Waals surface area contributed by atoms with Gasteiger partial charge in [0.05, 0.1) is 24.8 Å². The van der Waals surface area contributed by atoms with E-state index in [2.05, 4.69) is 25.6 Å². The molecule has 1 heterocycles. The molecule has 8 heteroatoms. The van der Waals surface area contributed by atoms with Crippen LogP contribution in [0.4, 0.5) is 5.69 Å². The average Bonchev–Trinajstić information content (AvgIpc) is 2.84. The van der Waals surface area contributed by atoms with Gasteiger partial charge >= 0.3 is 5.97 Å². The van der Waals surface area contributed by atoms with Gasteiger partial charge in [0.1, 0.15) is 0 Å². The predicted octanol–water partition coefficient (Wildman–Crippen LogP) is 0.178. The van der Waals surface area contributed by atoms with Gasteiger partial charge in [0, 0.05) is 7.05 Å². The summed E-state index contributed by atoms with van der Waals surface area (Å²) in [4.78, 5) is 23.5. The maximum atomic E-state index is 11.9. The van der Waals surface area contributed by atoms with E-state index in [1.807, 2.05) is 0 Å². The number of nitrogens with zero attached hydrogens (tertiary/aromatic N) is 4. The topological polar surface area (TPSA) is 99.0 Å². The number of esters is 1. The number of benzene rings is 1. The van der Waals surface area contributed by atoms with Crippen molar-refractivity contribution in [2.75, 3.05) is 12.4 Å². The highest BCUT2D eigenvalue weighted by molar-refractivity contribution is 6.01. The van der Waals surface area contributed by atoms with Crippen molar-refractivity contribution in [1.29, 1.82) is 0 Å². The smallest absolute Gasteiger partial charge is 0.339 e. The van der Waals surface area contributed by atoms with Gasteiger partial charge in [-0.3, -0.25) is 4.79 Å². The van der Waals surface area contributed by atoms with Crippen LogP contribution < -0.4 is 5.32 Å². The maximum absolute atomic E-state index is 11.9. The van der Waals surface area contributed by atoms with Crippen LogP contribution in [0.15, 0.2) is 24.3 Å². The van der Waals surface area contributed by atoms with Crippen LogP contribution in [0.3, 0.4) is 0 Å². The van der Waals surface area contributed by atoms with Crippen molar-refractivity contribution in [2.45, 2.75) is 6.42 Å². The van der Waals surface area contributed by atoms with Crippen LogP contribution >= 0.6 is 0 Å². The summed E-state index contributed by atoms with van der Waals surface area (Å²) in [6.07, 6.45) is 0.0129. The molecule has 0 aliphatic heterocycles. The lowest BCUT2D eigenvalue weighted by Gasteiger charge is -2.09. The summed E-state index contributed by atoms with van der Waals surface area (Å²) in [5, 5.41) is 13.4. The van der Waals surface area contributed by atoms with Crippen LogP contribution in [0.2, 0.25) is 0 Å². The Morgan fingerprint density at radius 3 is 2.75 bits per heavy atom. The fraction of sp³-hybridized carbons (Fsp3) is 0.250. The Bertz CT molecular complexity index is 638. The number of rotatable bonds is 4. The molecule has 0 radical (unpaired) electrons. The second kappa shape index (κ2) is 5.91. The third-order valence-corrected chi connectivity index (χ3v) is 2.63. The number of hydrogen-bond donors (Lipinski definition) is 1. The molecule has 0 aliphatic carbocycles. The third-order valence-electron chi connectivity index (χ3n) is 2.63. The largest absolute Gasteiger partial charge is 0.465 e. The summed E-state index contributed by atoms with van der Waals surface area (Å²) in [6, 6.07) is 6.60. The molecule has 0 saturated carbocycles. The van der Waals surface area contributed by atoms with Gasteiger partial charge in [0.2, 0.25) is 5.91 Å². The summed E-state index contributed by atoms with van der Waals surface area (Å²) in [6.45, 7) is 0. The number of anilines is 1. The normalized spacial score (nSPS) is 10.1. The summed E-state index contributed by atoms with van der Waals surface area (Å²) >= 11 is 0. The molecule has 2 rings (SSSR count).